The van der Waals surface area contributed by atoms with Crippen LogP contribution >= 0.6 is 22.6 Å². The van der Waals surface area contributed by atoms with Gasteiger partial charge in [-0.3, -0.25) is 9.59 Å². The number of fused-ring (bicyclic) bond motifs is 1. The fourth-order valence-electron chi connectivity index (χ4n) is 1.90. The maximum Gasteiger partial charge on any atom is 0.305 e. The van der Waals surface area contributed by atoms with Crippen LogP contribution in [0.25, 0.3) is 11.0 Å². The minimum absolute atomic E-state index is 0.173. The molecule has 1 heterocycles. The Morgan fingerprint density at radius 3 is 2.75 bits per heavy atom. The summed E-state index contributed by atoms with van der Waals surface area (Å²) in [5, 5.41) is 0.418. The van der Waals surface area contributed by atoms with Gasteiger partial charge in [-0.25, -0.2) is 0 Å². The number of hydrogen-bond donors (Lipinski definition) is 0. The Kier molecular flexibility index (Phi) is 4.64. The van der Waals surface area contributed by atoms with Crippen molar-refractivity contribution in [3.05, 3.63) is 37.8 Å². The third-order valence-corrected chi connectivity index (χ3v) is 3.71. The predicted octanol–water partition coefficient (Wildman–Crippen LogP) is 2.51. The highest BCUT2D eigenvalue weighted by molar-refractivity contribution is 14.1. The fraction of sp³-hybridized carbons (Fsp3) is 0.286. The van der Waals surface area contributed by atoms with Crippen LogP contribution in [-0.2, 0) is 16.0 Å². The normalized spacial score (nSPS) is 10.6. The number of carbonyl (C=O) groups excluding carboxylic acids is 1. The van der Waals surface area contributed by atoms with Crippen molar-refractivity contribution in [1.82, 2.24) is 0 Å². The molecule has 0 aliphatic rings. The highest BCUT2D eigenvalue weighted by Crippen LogP contribution is 2.29. The van der Waals surface area contributed by atoms with E-state index in [1.165, 1.54) is 20.3 Å². The Morgan fingerprint density at radius 2 is 2.10 bits per heavy atom. The summed E-state index contributed by atoms with van der Waals surface area (Å²) in [6, 6.07) is 4.93. The van der Waals surface area contributed by atoms with Crippen molar-refractivity contribution in [2.45, 2.75) is 12.8 Å². The Balaban J connectivity index is 2.46. The first-order valence-electron chi connectivity index (χ1n) is 5.93. The minimum Gasteiger partial charge on any atom is -0.495 e. The number of aryl methyl sites for hydroxylation is 1. The van der Waals surface area contributed by atoms with Crippen LogP contribution in [0.1, 0.15) is 12.2 Å². The highest BCUT2D eigenvalue weighted by Gasteiger charge is 2.13. The molecule has 0 saturated heterocycles. The van der Waals surface area contributed by atoms with Gasteiger partial charge in [-0.2, -0.15) is 0 Å². The smallest absolute Gasteiger partial charge is 0.305 e. The van der Waals surface area contributed by atoms with Crippen LogP contribution in [0.2, 0.25) is 0 Å². The topological polar surface area (TPSA) is 65.7 Å². The molecule has 0 aliphatic heterocycles. The maximum absolute atomic E-state index is 12.2. The lowest BCUT2D eigenvalue weighted by atomic mass is 10.1. The molecule has 5 nitrogen and oxygen atoms in total. The van der Waals surface area contributed by atoms with Crippen molar-refractivity contribution >= 4 is 39.5 Å². The van der Waals surface area contributed by atoms with Crippen LogP contribution in [0.5, 0.6) is 5.75 Å². The maximum atomic E-state index is 12.2. The zero-order valence-electron chi connectivity index (χ0n) is 11.1. The van der Waals surface area contributed by atoms with E-state index in [1.807, 2.05) is 6.07 Å². The fourth-order valence-corrected chi connectivity index (χ4v) is 2.57. The van der Waals surface area contributed by atoms with Crippen molar-refractivity contribution in [2.75, 3.05) is 14.2 Å². The van der Waals surface area contributed by atoms with Crippen molar-refractivity contribution in [3.63, 3.8) is 0 Å². The van der Waals surface area contributed by atoms with Crippen molar-refractivity contribution < 1.29 is 18.7 Å². The third kappa shape index (κ3) is 2.95. The van der Waals surface area contributed by atoms with Gasteiger partial charge in [0.2, 0.25) is 0 Å². The molecule has 106 valence electrons. The zero-order valence-corrected chi connectivity index (χ0v) is 13.2. The van der Waals surface area contributed by atoms with E-state index in [-0.39, 0.29) is 17.8 Å². The standard InChI is InChI=1S/C14H13IO5/c1-18-12(17)6-3-8-7-10(16)13-11(20-8)5-4-9(15)14(13)19-2/h4-5,7H,3,6H2,1-2H3. The van der Waals surface area contributed by atoms with Crippen LogP contribution in [0, 0.1) is 3.57 Å². The SMILES string of the molecule is COC(=O)CCc1cc(=O)c2c(OC)c(I)ccc2o1. The summed E-state index contributed by atoms with van der Waals surface area (Å²) in [6.45, 7) is 0. The van der Waals surface area contributed by atoms with Gasteiger partial charge in [0.25, 0.3) is 0 Å². The molecule has 1 aromatic carbocycles. The Bertz CT molecular complexity index is 705. The van der Waals surface area contributed by atoms with Crippen LogP contribution in [0.4, 0.5) is 0 Å². The zero-order chi connectivity index (χ0) is 14.7. The molecule has 20 heavy (non-hydrogen) atoms. The van der Waals surface area contributed by atoms with Crippen LogP contribution in [0.15, 0.2) is 27.4 Å². The molecule has 2 rings (SSSR count). The molecule has 0 aliphatic carbocycles. The van der Waals surface area contributed by atoms with Gasteiger partial charge in [0.1, 0.15) is 22.5 Å². The third-order valence-electron chi connectivity index (χ3n) is 2.86. The minimum atomic E-state index is -0.340. The highest BCUT2D eigenvalue weighted by atomic mass is 127. The Labute approximate surface area is 129 Å². The van der Waals surface area contributed by atoms with Gasteiger partial charge in [0.15, 0.2) is 5.43 Å². The molecule has 0 saturated carbocycles. The number of methoxy groups -OCH3 is 2. The van der Waals surface area contributed by atoms with E-state index in [9.17, 15) is 9.59 Å². The molecule has 0 amide bonds. The summed E-state index contributed by atoms with van der Waals surface area (Å²) < 4.78 is 16.3. The lowest BCUT2D eigenvalue weighted by molar-refractivity contribution is -0.140. The van der Waals surface area contributed by atoms with E-state index in [0.29, 0.717) is 28.9 Å². The molecule has 1 aromatic heterocycles. The van der Waals surface area contributed by atoms with Gasteiger partial charge in [-0.15, -0.1) is 0 Å². The van der Waals surface area contributed by atoms with Crippen LogP contribution < -0.4 is 10.2 Å². The number of benzene rings is 1. The van der Waals surface area contributed by atoms with E-state index in [2.05, 4.69) is 27.3 Å². The molecule has 0 N–H and O–H groups in total. The predicted molar refractivity (Wildman–Crippen MR) is 82.1 cm³/mol. The van der Waals surface area contributed by atoms with Gasteiger partial charge >= 0.3 is 5.97 Å². The van der Waals surface area contributed by atoms with Crippen molar-refractivity contribution in [2.24, 2.45) is 0 Å². The molecular weight excluding hydrogens is 375 g/mol. The van der Waals surface area contributed by atoms with Crippen molar-refractivity contribution in [1.29, 1.82) is 0 Å². The van der Waals surface area contributed by atoms with Gasteiger partial charge in [0, 0.05) is 12.5 Å². The lowest BCUT2D eigenvalue weighted by Crippen LogP contribution is -2.07. The summed E-state index contributed by atoms with van der Waals surface area (Å²) in [4.78, 5) is 23.3. The molecule has 0 atom stereocenters. The largest absolute Gasteiger partial charge is 0.495 e. The number of ether oxygens (including phenoxy) is 2. The van der Waals surface area contributed by atoms with E-state index in [1.54, 1.807) is 6.07 Å². The second-order valence-electron chi connectivity index (χ2n) is 4.11. The molecule has 2 aromatic rings. The second kappa shape index (κ2) is 6.25. The first-order valence-corrected chi connectivity index (χ1v) is 7.00. The molecule has 0 fully saturated rings. The number of hydrogen-bond acceptors (Lipinski definition) is 5. The quantitative estimate of drug-likeness (QED) is 0.595. The summed E-state index contributed by atoms with van der Waals surface area (Å²) in [6.07, 6.45) is 0.499. The van der Waals surface area contributed by atoms with Crippen LogP contribution in [0.3, 0.4) is 0 Å². The number of rotatable bonds is 4. The first kappa shape index (κ1) is 14.8. The Hall–Kier alpha value is -1.57. The summed E-state index contributed by atoms with van der Waals surface area (Å²) >= 11 is 2.10. The van der Waals surface area contributed by atoms with Gasteiger partial charge in [-0.1, -0.05) is 0 Å². The van der Waals surface area contributed by atoms with Gasteiger partial charge in [-0.05, 0) is 34.7 Å². The summed E-state index contributed by atoms with van der Waals surface area (Å²) in [5.74, 6) is 0.625. The molecule has 0 spiro atoms. The van der Waals surface area contributed by atoms with Gasteiger partial charge in [0.05, 0.1) is 24.2 Å². The van der Waals surface area contributed by atoms with E-state index < -0.39 is 0 Å². The van der Waals surface area contributed by atoms with E-state index in [4.69, 9.17) is 9.15 Å². The molecule has 0 radical (unpaired) electrons. The van der Waals surface area contributed by atoms with Gasteiger partial charge < -0.3 is 13.9 Å². The molecule has 0 unspecified atom stereocenters. The van der Waals surface area contributed by atoms with Crippen molar-refractivity contribution in [3.8, 4) is 5.75 Å². The number of esters is 1. The first-order chi connectivity index (χ1) is 9.56. The summed E-state index contributed by atoms with van der Waals surface area (Å²) in [5.41, 5.74) is 0.274. The van der Waals surface area contributed by atoms with Crippen LogP contribution in [-0.4, -0.2) is 20.2 Å². The molecular formula is C14H13IO5. The van der Waals surface area contributed by atoms with E-state index in [0.717, 1.165) is 3.57 Å². The number of halogens is 1. The number of carbonyl (C=O) groups is 1. The summed E-state index contributed by atoms with van der Waals surface area (Å²) in [7, 11) is 2.84. The lowest BCUT2D eigenvalue weighted by Gasteiger charge is -2.08. The average molecular weight is 388 g/mol. The Morgan fingerprint density at radius 1 is 1.35 bits per heavy atom. The molecule has 0 bridgehead atoms. The molecule has 6 heteroatoms. The monoisotopic (exact) mass is 388 g/mol. The second-order valence-corrected chi connectivity index (χ2v) is 5.27. The average Bonchev–Trinajstić information content (AvgIpc) is 2.45. The van der Waals surface area contributed by atoms with E-state index >= 15 is 0 Å².